The van der Waals surface area contributed by atoms with Crippen LogP contribution in [0.2, 0.25) is 0 Å². The number of urea groups is 1. The Morgan fingerprint density at radius 1 is 1.29 bits per heavy atom. The van der Waals surface area contributed by atoms with Crippen molar-refractivity contribution in [1.82, 2.24) is 15.1 Å². The zero-order valence-corrected chi connectivity index (χ0v) is 17.0. The zero-order chi connectivity index (χ0) is 20.4. The van der Waals surface area contributed by atoms with E-state index in [1.165, 1.54) is 0 Å². The number of benzene rings is 1. The number of aliphatic carboxylic acids is 1. The molecule has 7 heteroatoms. The van der Waals surface area contributed by atoms with Gasteiger partial charge in [0, 0.05) is 51.8 Å². The van der Waals surface area contributed by atoms with Gasteiger partial charge in [0.2, 0.25) is 0 Å². The lowest BCUT2D eigenvalue weighted by Crippen LogP contribution is -2.58. The second kappa shape index (κ2) is 11.7. The molecule has 156 valence electrons. The molecule has 0 spiro atoms. The predicted octanol–water partition coefficient (Wildman–Crippen LogP) is 2.21. The molecule has 1 aliphatic heterocycles. The molecule has 7 nitrogen and oxygen atoms in total. The van der Waals surface area contributed by atoms with Crippen molar-refractivity contribution in [3.63, 3.8) is 0 Å². The Morgan fingerprint density at radius 3 is 2.68 bits per heavy atom. The average Bonchev–Trinajstić information content (AvgIpc) is 2.71. The number of ether oxygens (including phenoxy) is 1. The zero-order valence-electron chi connectivity index (χ0n) is 17.0. The first-order chi connectivity index (χ1) is 13.5. The topological polar surface area (TPSA) is 82.1 Å². The third-order valence-electron chi connectivity index (χ3n) is 5.30. The molecule has 1 fully saturated rings. The summed E-state index contributed by atoms with van der Waals surface area (Å²) in [7, 11) is 1.70. The van der Waals surface area contributed by atoms with Gasteiger partial charge in [-0.3, -0.25) is 9.69 Å². The number of nitrogens with one attached hydrogen (secondary N) is 1. The van der Waals surface area contributed by atoms with Crippen LogP contribution in [-0.4, -0.2) is 78.9 Å². The number of hydrogen-bond acceptors (Lipinski definition) is 4. The molecule has 2 rings (SSSR count). The first-order valence-corrected chi connectivity index (χ1v) is 10.1. The minimum absolute atomic E-state index is 0.0418. The van der Waals surface area contributed by atoms with Crippen molar-refractivity contribution in [2.45, 2.75) is 44.7 Å². The number of hydrogen-bond donors (Lipinski definition) is 2. The highest BCUT2D eigenvalue weighted by atomic mass is 16.5. The van der Waals surface area contributed by atoms with E-state index in [-0.39, 0.29) is 18.5 Å². The van der Waals surface area contributed by atoms with E-state index in [9.17, 15) is 9.59 Å². The lowest BCUT2D eigenvalue weighted by atomic mass is 10.0. The van der Waals surface area contributed by atoms with Gasteiger partial charge in [-0.2, -0.15) is 0 Å². The van der Waals surface area contributed by atoms with Gasteiger partial charge in [-0.15, -0.1) is 0 Å². The van der Waals surface area contributed by atoms with E-state index in [1.807, 2.05) is 35.2 Å². The number of carboxylic acids is 1. The Bertz CT molecular complexity index is 611. The highest BCUT2D eigenvalue weighted by Crippen LogP contribution is 2.14. The second-order valence-electron chi connectivity index (χ2n) is 7.31. The molecule has 2 unspecified atom stereocenters. The molecule has 28 heavy (non-hydrogen) atoms. The number of carbonyl (C=O) groups excluding carboxylic acids is 1. The summed E-state index contributed by atoms with van der Waals surface area (Å²) >= 11 is 0. The number of methoxy groups -OCH3 is 1. The van der Waals surface area contributed by atoms with E-state index in [4.69, 9.17) is 9.84 Å². The van der Waals surface area contributed by atoms with Crippen molar-refractivity contribution >= 4 is 12.0 Å². The van der Waals surface area contributed by atoms with Gasteiger partial charge in [-0.05, 0) is 24.8 Å². The summed E-state index contributed by atoms with van der Waals surface area (Å²) < 4.78 is 5.18. The maximum absolute atomic E-state index is 12.8. The first kappa shape index (κ1) is 22.2. The van der Waals surface area contributed by atoms with Crippen molar-refractivity contribution in [2.24, 2.45) is 0 Å². The second-order valence-corrected chi connectivity index (χ2v) is 7.31. The Hall–Kier alpha value is -2.12. The van der Waals surface area contributed by atoms with Gasteiger partial charge >= 0.3 is 12.0 Å². The summed E-state index contributed by atoms with van der Waals surface area (Å²) in [4.78, 5) is 28.1. The van der Waals surface area contributed by atoms with Gasteiger partial charge in [-0.25, -0.2) is 4.79 Å². The third-order valence-corrected chi connectivity index (χ3v) is 5.30. The largest absolute Gasteiger partial charge is 0.481 e. The van der Waals surface area contributed by atoms with E-state index in [0.29, 0.717) is 38.6 Å². The molecular weight excluding hydrogens is 358 g/mol. The number of rotatable bonds is 10. The fourth-order valence-electron chi connectivity index (χ4n) is 3.66. The predicted molar refractivity (Wildman–Crippen MR) is 108 cm³/mol. The SMILES string of the molecule is CCC1CN(C(=O)NC(CCC(=O)O)Cc2ccccc2)CCN1CCOC. The molecule has 0 bridgehead atoms. The minimum atomic E-state index is -0.842. The first-order valence-electron chi connectivity index (χ1n) is 10.1. The van der Waals surface area contributed by atoms with E-state index in [0.717, 1.165) is 25.1 Å². The number of carboxylic acid groups (broad SMARTS) is 1. The molecule has 0 saturated carbocycles. The van der Waals surface area contributed by atoms with Gasteiger partial charge in [0.1, 0.15) is 0 Å². The number of piperazine rings is 1. The summed E-state index contributed by atoms with van der Waals surface area (Å²) in [5.74, 6) is -0.842. The van der Waals surface area contributed by atoms with E-state index in [1.54, 1.807) is 7.11 Å². The van der Waals surface area contributed by atoms with Crippen LogP contribution in [-0.2, 0) is 16.0 Å². The fourth-order valence-corrected chi connectivity index (χ4v) is 3.66. The van der Waals surface area contributed by atoms with Crippen LogP contribution in [0.5, 0.6) is 0 Å². The molecule has 1 aliphatic rings. The number of carbonyl (C=O) groups is 2. The molecule has 2 N–H and O–H groups in total. The van der Waals surface area contributed by atoms with Crippen LogP contribution in [0.3, 0.4) is 0 Å². The highest BCUT2D eigenvalue weighted by molar-refractivity contribution is 5.75. The van der Waals surface area contributed by atoms with Crippen LogP contribution in [0.4, 0.5) is 4.79 Å². The number of nitrogens with zero attached hydrogens (tertiary/aromatic N) is 2. The smallest absolute Gasteiger partial charge is 0.317 e. The van der Waals surface area contributed by atoms with Crippen LogP contribution in [0.25, 0.3) is 0 Å². The van der Waals surface area contributed by atoms with Crippen LogP contribution in [0.1, 0.15) is 31.7 Å². The van der Waals surface area contributed by atoms with Crippen LogP contribution < -0.4 is 5.32 Å². The lowest BCUT2D eigenvalue weighted by Gasteiger charge is -2.41. The highest BCUT2D eigenvalue weighted by Gasteiger charge is 2.29. The Kier molecular flexibility index (Phi) is 9.23. The van der Waals surface area contributed by atoms with Gasteiger partial charge in [0.15, 0.2) is 0 Å². The molecule has 2 amide bonds. The van der Waals surface area contributed by atoms with Crippen molar-refractivity contribution < 1.29 is 19.4 Å². The van der Waals surface area contributed by atoms with E-state index < -0.39 is 5.97 Å². The van der Waals surface area contributed by atoms with Crippen LogP contribution in [0.15, 0.2) is 30.3 Å². The molecule has 1 aromatic carbocycles. The fraction of sp³-hybridized carbons (Fsp3) is 0.619. The molecule has 0 aromatic heterocycles. The van der Waals surface area contributed by atoms with Crippen molar-refractivity contribution in [2.75, 3.05) is 39.9 Å². The third kappa shape index (κ3) is 7.13. The van der Waals surface area contributed by atoms with Gasteiger partial charge in [-0.1, -0.05) is 37.3 Å². The summed E-state index contributed by atoms with van der Waals surface area (Å²) in [6, 6.07) is 9.88. The van der Waals surface area contributed by atoms with Crippen molar-refractivity contribution in [3.05, 3.63) is 35.9 Å². The Morgan fingerprint density at radius 2 is 2.04 bits per heavy atom. The quantitative estimate of drug-likeness (QED) is 0.639. The lowest BCUT2D eigenvalue weighted by molar-refractivity contribution is -0.137. The van der Waals surface area contributed by atoms with Gasteiger partial charge in [0.05, 0.1) is 6.61 Å². The maximum atomic E-state index is 12.8. The Balaban J connectivity index is 1.94. The van der Waals surface area contributed by atoms with Crippen molar-refractivity contribution in [3.8, 4) is 0 Å². The molecule has 0 radical (unpaired) electrons. The molecule has 1 saturated heterocycles. The molecule has 0 aliphatic carbocycles. The summed E-state index contributed by atoms with van der Waals surface area (Å²) in [6.07, 6.45) is 2.06. The normalized spacial score (nSPS) is 18.6. The number of amides is 2. The maximum Gasteiger partial charge on any atom is 0.317 e. The van der Waals surface area contributed by atoms with E-state index >= 15 is 0 Å². The minimum Gasteiger partial charge on any atom is -0.481 e. The van der Waals surface area contributed by atoms with Crippen molar-refractivity contribution in [1.29, 1.82) is 0 Å². The van der Waals surface area contributed by atoms with E-state index in [2.05, 4.69) is 17.1 Å². The van der Waals surface area contributed by atoms with Crippen LogP contribution >= 0.6 is 0 Å². The molecular formula is C21H33N3O4. The average molecular weight is 392 g/mol. The standard InChI is InChI=1S/C21H33N3O4/c1-3-19-16-24(12-11-23(19)13-14-28-2)21(27)22-18(9-10-20(25)26)15-17-7-5-4-6-8-17/h4-8,18-19H,3,9-16H2,1-2H3,(H,22,27)(H,25,26). The Labute approximate surface area is 167 Å². The van der Waals surface area contributed by atoms with Gasteiger partial charge < -0.3 is 20.1 Å². The summed E-state index contributed by atoms with van der Waals surface area (Å²) in [6.45, 7) is 5.88. The monoisotopic (exact) mass is 391 g/mol. The van der Waals surface area contributed by atoms with Crippen LogP contribution in [0, 0.1) is 0 Å². The summed E-state index contributed by atoms with van der Waals surface area (Å²) in [5, 5.41) is 12.1. The molecule has 2 atom stereocenters. The van der Waals surface area contributed by atoms with Gasteiger partial charge in [0.25, 0.3) is 0 Å². The molecule has 1 aromatic rings. The molecule has 1 heterocycles. The summed E-state index contributed by atoms with van der Waals surface area (Å²) in [5.41, 5.74) is 1.09.